The fourth-order valence-corrected chi connectivity index (χ4v) is 9.33. The number of carboxylic acid groups (broad SMARTS) is 1. The van der Waals surface area contributed by atoms with E-state index in [1.54, 1.807) is 0 Å². The molecule has 0 spiro atoms. The first-order valence-electron chi connectivity index (χ1n) is 12.3. The van der Waals surface area contributed by atoms with E-state index in [0.29, 0.717) is 24.2 Å². The summed E-state index contributed by atoms with van der Waals surface area (Å²) < 4.78 is 0. The van der Waals surface area contributed by atoms with Crippen LogP contribution in [-0.4, -0.2) is 40.7 Å². The van der Waals surface area contributed by atoms with Crippen LogP contribution in [0.2, 0.25) is 0 Å². The Morgan fingerprint density at radius 3 is 2.47 bits per heavy atom. The number of hydrogen-bond acceptors (Lipinski definition) is 3. The van der Waals surface area contributed by atoms with Crippen LogP contribution in [0.3, 0.4) is 0 Å². The molecular weight excluding hydrogens is 375 g/mol. The lowest BCUT2D eigenvalue weighted by Crippen LogP contribution is -2.68. The molecule has 10 atom stereocenters. The minimum atomic E-state index is -1.19. The fraction of sp³-hybridized carbons (Fsp3) is 0.960. The summed E-state index contributed by atoms with van der Waals surface area (Å²) in [6.07, 6.45) is 8.32. The van der Waals surface area contributed by atoms with Crippen molar-refractivity contribution >= 4 is 13.8 Å². The second-order valence-electron chi connectivity index (χ2n) is 12.3. The first-order valence-corrected chi connectivity index (χ1v) is 12.3. The van der Waals surface area contributed by atoms with Crippen LogP contribution in [0.1, 0.15) is 91.9 Å². The van der Waals surface area contributed by atoms with Crippen LogP contribution in [0, 0.1) is 45.8 Å². The van der Waals surface area contributed by atoms with Crippen molar-refractivity contribution in [1.29, 1.82) is 0 Å². The zero-order chi connectivity index (χ0) is 22.1. The molecule has 3 N–H and O–H groups in total. The van der Waals surface area contributed by atoms with Gasteiger partial charge < -0.3 is 15.3 Å². The monoisotopic (exact) mass is 416 g/mol. The molecule has 4 saturated carbocycles. The molecule has 0 saturated heterocycles. The van der Waals surface area contributed by atoms with Gasteiger partial charge in [0.05, 0.1) is 6.10 Å². The zero-order valence-corrected chi connectivity index (χ0v) is 19.4. The van der Waals surface area contributed by atoms with Crippen LogP contribution in [0.15, 0.2) is 0 Å². The highest BCUT2D eigenvalue weighted by Crippen LogP contribution is 2.74. The predicted molar refractivity (Wildman–Crippen MR) is 118 cm³/mol. The van der Waals surface area contributed by atoms with E-state index in [4.69, 9.17) is 13.0 Å². The molecule has 168 valence electrons. The highest BCUT2D eigenvalue weighted by molar-refractivity contribution is 6.14. The van der Waals surface area contributed by atoms with Crippen LogP contribution < -0.4 is 0 Å². The largest absolute Gasteiger partial charge is 0.481 e. The predicted octanol–water partition coefficient (Wildman–Crippen LogP) is 4.36. The first kappa shape index (κ1) is 22.6. The van der Waals surface area contributed by atoms with Gasteiger partial charge in [0.1, 0.15) is 7.85 Å². The summed E-state index contributed by atoms with van der Waals surface area (Å²) >= 11 is 0. The Morgan fingerprint density at radius 1 is 1.10 bits per heavy atom. The van der Waals surface area contributed by atoms with Crippen molar-refractivity contribution in [3.63, 3.8) is 0 Å². The van der Waals surface area contributed by atoms with Crippen molar-refractivity contribution < 1.29 is 20.1 Å². The Hall–Kier alpha value is -0.545. The Morgan fingerprint density at radius 2 is 1.80 bits per heavy atom. The van der Waals surface area contributed by atoms with E-state index in [0.717, 1.165) is 51.4 Å². The molecular formula is C25H41BO4. The lowest BCUT2D eigenvalue weighted by Gasteiger charge is -2.70. The van der Waals surface area contributed by atoms with Crippen molar-refractivity contribution in [2.75, 3.05) is 0 Å². The molecule has 0 aromatic carbocycles. The number of carbonyl (C=O) groups is 1. The lowest BCUT2D eigenvalue weighted by molar-refractivity contribution is -0.237. The number of carboxylic acids is 1. The van der Waals surface area contributed by atoms with Crippen molar-refractivity contribution in [2.45, 2.75) is 104 Å². The average Bonchev–Trinajstić information content (AvgIpc) is 2.98. The molecule has 4 nitrogen and oxygen atoms in total. The zero-order valence-electron chi connectivity index (χ0n) is 19.4. The van der Waals surface area contributed by atoms with E-state index in [-0.39, 0.29) is 40.6 Å². The quantitative estimate of drug-likeness (QED) is 0.595. The van der Waals surface area contributed by atoms with Crippen LogP contribution in [-0.2, 0) is 4.79 Å². The van der Waals surface area contributed by atoms with Crippen LogP contribution in [0.4, 0.5) is 0 Å². The second-order valence-corrected chi connectivity index (χ2v) is 12.3. The second kappa shape index (κ2) is 7.23. The Balaban J connectivity index is 1.66. The van der Waals surface area contributed by atoms with Crippen molar-refractivity contribution in [3.05, 3.63) is 0 Å². The molecule has 0 aliphatic heterocycles. The average molecular weight is 416 g/mol. The molecule has 0 heterocycles. The standard InChI is InChI=1S/C25H41BO4/c1-15(5-8-20(28)29)18-6-7-19-21-24(4,12-11-22(18,19)2)23(3)10-9-17(27)13-16(23)14-25(21,26)30/h15-19,21,27,30H,5-14H2,1-4H3,(H,28,29)/t15-,16+,17-,18-,19+,21+,22-,23+,24+,25-/m1/s1. The Labute approximate surface area is 183 Å². The molecule has 30 heavy (non-hydrogen) atoms. The summed E-state index contributed by atoms with van der Waals surface area (Å²) in [4.78, 5) is 11.1. The maximum atomic E-state index is 11.7. The van der Waals surface area contributed by atoms with Gasteiger partial charge in [-0.2, -0.15) is 0 Å². The third-order valence-electron chi connectivity index (χ3n) is 11.1. The van der Waals surface area contributed by atoms with E-state index < -0.39 is 11.5 Å². The third kappa shape index (κ3) is 3.12. The van der Waals surface area contributed by atoms with Gasteiger partial charge in [-0.15, -0.1) is 0 Å². The minimum absolute atomic E-state index is 0.0249. The van der Waals surface area contributed by atoms with E-state index in [9.17, 15) is 15.0 Å². The van der Waals surface area contributed by atoms with Crippen LogP contribution in [0.25, 0.3) is 0 Å². The number of hydrogen-bond donors (Lipinski definition) is 3. The van der Waals surface area contributed by atoms with Crippen molar-refractivity contribution in [1.82, 2.24) is 0 Å². The third-order valence-corrected chi connectivity index (χ3v) is 11.1. The topological polar surface area (TPSA) is 77.8 Å². The molecule has 5 heteroatoms. The number of rotatable bonds is 4. The van der Waals surface area contributed by atoms with Gasteiger partial charge in [0.2, 0.25) is 0 Å². The Kier molecular flexibility index (Phi) is 5.46. The van der Waals surface area contributed by atoms with E-state index in [2.05, 4.69) is 27.7 Å². The highest BCUT2D eigenvalue weighted by Gasteiger charge is 2.69. The summed E-state index contributed by atoms with van der Waals surface area (Å²) in [5, 5.41) is 31.1. The van der Waals surface area contributed by atoms with Crippen LogP contribution >= 0.6 is 0 Å². The molecule has 0 amide bonds. The van der Waals surface area contributed by atoms with Gasteiger partial charge >= 0.3 is 5.97 Å². The maximum Gasteiger partial charge on any atom is 0.303 e. The van der Waals surface area contributed by atoms with Crippen molar-refractivity contribution in [2.24, 2.45) is 45.8 Å². The summed E-state index contributed by atoms with van der Waals surface area (Å²) in [7, 11) is 6.76. The fourth-order valence-electron chi connectivity index (χ4n) is 9.33. The van der Waals surface area contributed by atoms with Crippen molar-refractivity contribution in [3.8, 4) is 0 Å². The van der Waals surface area contributed by atoms with Gasteiger partial charge in [0, 0.05) is 11.9 Å². The SMILES string of the molecule is [B][C@@]1(O)C[C@@H]2C[C@H](O)CC[C@]2(C)[C@@]2(C)CC[C@]3(C)[C@@H]([C@H](C)CCC(=O)O)CC[C@H]3[C@@H]21. The lowest BCUT2D eigenvalue weighted by atomic mass is 9.33. The van der Waals surface area contributed by atoms with E-state index >= 15 is 0 Å². The smallest absolute Gasteiger partial charge is 0.303 e. The molecule has 0 unspecified atom stereocenters. The van der Waals surface area contributed by atoms with E-state index in [1.165, 1.54) is 0 Å². The molecule has 4 aliphatic carbocycles. The summed E-state index contributed by atoms with van der Waals surface area (Å²) in [6, 6.07) is 0. The summed E-state index contributed by atoms with van der Waals surface area (Å²) in [6.45, 7) is 9.43. The first-order chi connectivity index (χ1) is 13.8. The number of aliphatic carboxylic acids is 1. The molecule has 2 radical (unpaired) electrons. The minimum Gasteiger partial charge on any atom is -0.481 e. The van der Waals surface area contributed by atoms with Gasteiger partial charge in [-0.3, -0.25) is 4.79 Å². The molecule has 0 aromatic rings. The molecule has 4 aliphatic rings. The van der Waals surface area contributed by atoms with Gasteiger partial charge in [-0.1, -0.05) is 27.7 Å². The van der Waals surface area contributed by atoms with Gasteiger partial charge in [0.15, 0.2) is 0 Å². The van der Waals surface area contributed by atoms with Crippen LogP contribution in [0.5, 0.6) is 0 Å². The number of aliphatic hydroxyl groups is 2. The summed E-state index contributed by atoms with van der Waals surface area (Å²) in [5.74, 6) is 0.891. The summed E-state index contributed by atoms with van der Waals surface area (Å²) in [5.41, 5.74) is -0.992. The van der Waals surface area contributed by atoms with E-state index in [1.807, 2.05) is 0 Å². The molecule has 4 rings (SSSR count). The molecule has 0 bridgehead atoms. The highest BCUT2D eigenvalue weighted by atomic mass is 16.4. The maximum absolute atomic E-state index is 11.7. The van der Waals surface area contributed by atoms with Gasteiger partial charge in [-0.05, 0) is 104 Å². The Bertz CT molecular complexity index is 695. The van der Waals surface area contributed by atoms with Gasteiger partial charge in [-0.25, -0.2) is 0 Å². The normalized spacial score (nSPS) is 54.0. The molecule has 0 aromatic heterocycles. The number of aliphatic hydroxyl groups excluding tert-OH is 1. The number of fused-ring (bicyclic) bond motifs is 5. The van der Waals surface area contributed by atoms with Gasteiger partial charge in [0.25, 0.3) is 0 Å². The molecule has 4 fully saturated rings.